The molecule has 0 saturated carbocycles. The molecule has 1 aromatic heterocycles. The lowest BCUT2D eigenvalue weighted by Crippen LogP contribution is -2.03. The Bertz CT molecular complexity index is 321. The van der Waals surface area contributed by atoms with Gasteiger partial charge in [0.1, 0.15) is 11.4 Å². The molecule has 0 aliphatic heterocycles. The van der Waals surface area contributed by atoms with Crippen LogP contribution in [0.2, 0.25) is 0 Å². The molecule has 0 unspecified atom stereocenters. The number of nitrogens with zero attached hydrogens (tertiary/aromatic N) is 1. The van der Waals surface area contributed by atoms with E-state index in [-0.39, 0.29) is 10.2 Å². The lowest BCUT2D eigenvalue weighted by molar-refractivity contribution is -0.0506. The summed E-state index contributed by atoms with van der Waals surface area (Å²) < 4.78 is 51.8. The molecule has 14 heavy (non-hydrogen) atoms. The van der Waals surface area contributed by atoms with E-state index >= 15 is 0 Å². The monoisotopic (exact) mass is 273 g/mol. The molecular formula is C7H4BrF4NO. The number of hydrogen-bond acceptors (Lipinski definition) is 2. The minimum absolute atomic E-state index is 0.0993. The molecular weight excluding hydrogens is 270 g/mol. The first-order chi connectivity index (χ1) is 6.50. The zero-order valence-electron chi connectivity index (χ0n) is 6.55. The lowest BCUT2D eigenvalue weighted by atomic mass is 10.3. The number of ether oxygens (including phenoxy) is 1. The van der Waals surface area contributed by atoms with Gasteiger partial charge in [-0.15, -0.1) is 0 Å². The van der Waals surface area contributed by atoms with E-state index < -0.39 is 18.7 Å². The molecule has 1 aromatic rings. The molecule has 0 aromatic carbocycles. The van der Waals surface area contributed by atoms with Gasteiger partial charge in [-0.05, 0) is 15.9 Å². The van der Waals surface area contributed by atoms with Gasteiger partial charge >= 0.3 is 6.61 Å². The lowest BCUT2D eigenvalue weighted by Gasteiger charge is -2.07. The summed E-state index contributed by atoms with van der Waals surface area (Å²) in [7, 11) is 0. The van der Waals surface area contributed by atoms with Crippen molar-refractivity contribution < 1.29 is 22.3 Å². The van der Waals surface area contributed by atoms with Gasteiger partial charge in [0.05, 0.1) is 4.47 Å². The van der Waals surface area contributed by atoms with E-state index in [4.69, 9.17) is 0 Å². The van der Waals surface area contributed by atoms with Crippen molar-refractivity contribution in [3.63, 3.8) is 0 Å². The smallest absolute Gasteiger partial charge is 0.387 e. The SMILES string of the molecule is FC(F)Oc1cc(C(F)F)ncc1Br. The normalized spacial score (nSPS) is 11.1. The first-order valence-corrected chi connectivity index (χ1v) is 4.18. The maximum absolute atomic E-state index is 12.1. The predicted molar refractivity (Wildman–Crippen MR) is 43.5 cm³/mol. The Kier molecular flexibility index (Phi) is 3.68. The summed E-state index contributed by atoms with van der Waals surface area (Å²) in [5.41, 5.74) is -0.608. The van der Waals surface area contributed by atoms with Gasteiger partial charge in [0, 0.05) is 12.3 Å². The molecule has 1 heterocycles. The van der Waals surface area contributed by atoms with E-state index in [2.05, 4.69) is 25.7 Å². The first-order valence-electron chi connectivity index (χ1n) is 3.39. The van der Waals surface area contributed by atoms with E-state index in [9.17, 15) is 17.6 Å². The van der Waals surface area contributed by atoms with Crippen molar-refractivity contribution in [2.45, 2.75) is 13.0 Å². The van der Waals surface area contributed by atoms with Gasteiger partial charge in [0.2, 0.25) is 0 Å². The fraction of sp³-hybridized carbons (Fsp3) is 0.286. The van der Waals surface area contributed by atoms with Crippen LogP contribution in [0.5, 0.6) is 5.75 Å². The van der Waals surface area contributed by atoms with Crippen LogP contribution in [0.3, 0.4) is 0 Å². The fourth-order valence-electron chi connectivity index (χ4n) is 0.741. The molecule has 0 aliphatic carbocycles. The maximum Gasteiger partial charge on any atom is 0.387 e. The number of rotatable bonds is 3. The molecule has 0 saturated heterocycles. The Morgan fingerprint density at radius 2 is 1.93 bits per heavy atom. The molecule has 7 heteroatoms. The quantitative estimate of drug-likeness (QED) is 0.788. The van der Waals surface area contributed by atoms with E-state index in [1.807, 2.05) is 0 Å². The van der Waals surface area contributed by atoms with E-state index in [1.54, 1.807) is 0 Å². The second-order valence-corrected chi connectivity index (χ2v) is 3.07. The van der Waals surface area contributed by atoms with Gasteiger partial charge in [-0.25, -0.2) is 8.78 Å². The number of halogens is 5. The van der Waals surface area contributed by atoms with E-state index in [0.717, 1.165) is 12.3 Å². The topological polar surface area (TPSA) is 22.1 Å². The molecule has 0 fully saturated rings. The van der Waals surface area contributed by atoms with Gasteiger partial charge in [-0.2, -0.15) is 8.78 Å². The average molecular weight is 274 g/mol. The first kappa shape index (κ1) is 11.2. The van der Waals surface area contributed by atoms with Gasteiger partial charge in [-0.1, -0.05) is 0 Å². The van der Waals surface area contributed by atoms with E-state index in [1.165, 1.54) is 0 Å². The highest BCUT2D eigenvalue weighted by atomic mass is 79.9. The zero-order chi connectivity index (χ0) is 10.7. The molecule has 0 radical (unpaired) electrons. The summed E-state index contributed by atoms with van der Waals surface area (Å²) >= 11 is 2.84. The number of alkyl halides is 4. The van der Waals surface area contributed by atoms with Crippen LogP contribution in [0.1, 0.15) is 12.1 Å². The van der Waals surface area contributed by atoms with Crippen LogP contribution in [0.4, 0.5) is 17.6 Å². The van der Waals surface area contributed by atoms with Crippen molar-refractivity contribution >= 4 is 15.9 Å². The van der Waals surface area contributed by atoms with Crippen LogP contribution in [0, 0.1) is 0 Å². The highest BCUT2D eigenvalue weighted by Gasteiger charge is 2.14. The Morgan fingerprint density at radius 3 is 2.43 bits per heavy atom. The molecule has 0 atom stereocenters. The summed E-state index contributed by atoms with van der Waals surface area (Å²) in [4.78, 5) is 3.32. The Labute approximate surface area is 85.0 Å². The van der Waals surface area contributed by atoms with Gasteiger partial charge in [0.25, 0.3) is 6.43 Å². The highest BCUT2D eigenvalue weighted by molar-refractivity contribution is 9.10. The van der Waals surface area contributed by atoms with E-state index in [0.29, 0.717) is 0 Å². The van der Waals surface area contributed by atoms with Gasteiger partial charge in [0.15, 0.2) is 0 Å². The average Bonchev–Trinajstić information content (AvgIpc) is 2.07. The third-order valence-electron chi connectivity index (χ3n) is 1.28. The summed E-state index contributed by atoms with van der Waals surface area (Å²) in [5, 5.41) is 0. The number of aromatic nitrogens is 1. The molecule has 0 bridgehead atoms. The highest BCUT2D eigenvalue weighted by Crippen LogP contribution is 2.29. The maximum atomic E-state index is 12.1. The molecule has 1 rings (SSSR count). The second-order valence-electron chi connectivity index (χ2n) is 2.22. The second kappa shape index (κ2) is 4.59. The van der Waals surface area contributed by atoms with Gasteiger partial charge in [-0.3, -0.25) is 4.98 Å². The molecule has 0 aliphatic rings. The van der Waals surface area contributed by atoms with Crippen LogP contribution in [0.25, 0.3) is 0 Å². The minimum Gasteiger partial charge on any atom is -0.433 e. The van der Waals surface area contributed by atoms with Crippen LogP contribution in [-0.4, -0.2) is 11.6 Å². The largest absolute Gasteiger partial charge is 0.433 e. The molecule has 0 spiro atoms. The fourth-order valence-corrected chi connectivity index (χ4v) is 1.05. The Hall–Kier alpha value is -0.850. The minimum atomic E-state index is -3.06. The summed E-state index contributed by atoms with van der Waals surface area (Å²) in [6, 6.07) is 0.765. The zero-order valence-corrected chi connectivity index (χ0v) is 8.14. The third kappa shape index (κ3) is 2.83. The van der Waals surface area contributed by atoms with Crippen molar-refractivity contribution in [1.29, 1.82) is 0 Å². The van der Waals surface area contributed by atoms with Crippen molar-refractivity contribution in [1.82, 2.24) is 4.98 Å². The molecule has 78 valence electrons. The standard InChI is InChI=1S/C7H4BrF4NO/c8-3-2-13-4(6(9)10)1-5(3)14-7(11)12/h1-2,6-7H. The number of hydrogen-bond donors (Lipinski definition) is 0. The molecule has 2 nitrogen and oxygen atoms in total. The summed E-state index contributed by atoms with van der Waals surface area (Å²) in [5.74, 6) is -0.356. The molecule has 0 amide bonds. The van der Waals surface area contributed by atoms with Gasteiger partial charge < -0.3 is 4.74 Å². The molecule has 0 N–H and O–H groups in total. The van der Waals surface area contributed by atoms with Crippen LogP contribution >= 0.6 is 15.9 Å². The van der Waals surface area contributed by atoms with Crippen molar-refractivity contribution in [2.24, 2.45) is 0 Å². The van der Waals surface area contributed by atoms with Crippen molar-refractivity contribution in [2.75, 3.05) is 0 Å². The Balaban J connectivity index is 2.96. The summed E-state index contributed by atoms with van der Waals surface area (Å²) in [6.45, 7) is -3.06. The van der Waals surface area contributed by atoms with Crippen LogP contribution < -0.4 is 4.74 Å². The predicted octanol–water partition coefficient (Wildman–Crippen LogP) is 3.38. The summed E-state index contributed by atoms with van der Waals surface area (Å²) in [6.07, 6.45) is -1.83. The van der Waals surface area contributed by atoms with Crippen LogP contribution in [0.15, 0.2) is 16.7 Å². The third-order valence-corrected chi connectivity index (χ3v) is 1.88. The number of pyridine rings is 1. The van der Waals surface area contributed by atoms with Crippen molar-refractivity contribution in [3.8, 4) is 5.75 Å². The van der Waals surface area contributed by atoms with Crippen molar-refractivity contribution in [3.05, 3.63) is 22.4 Å². The Morgan fingerprint density at radius 1 is 1.29 bits per heavy atom. The van der Waals surface area contributed by atoms with Crippen LogP contribution in [-0.2, 0) is 0 Å².